The molecule has 2 aliphatic heterocycles. The van der Waals surface area contributed by atoms with Gasteiger partial charge in [-0.3, -0.25) is 0 Å². The van der Waals surface area contributed by atoms with Crippen LogP contribution in [0.25, 0.3) is 0 Å². The lowest BCUT2D eigenvalue weighted by Gasteiger charge is -2.35. The van der Waals surface area contributed by atoms with Gasteiger partial charge < -0.3 is 10.0 Å². The van der Waals surface area contributed by atoms with Crippen LogP contribution in [0.15, 0.2) is 34.4 Å². The van der Waals surface area contributed by atoms with Crippen molar-refractivity contribution in [3.05, 3.63) is 34.8 Å². The highest BCUT2D eigenvalue weighted by molar-refractivity contribution is 8.14. The van der Waals surface area contributed by atoms with Crippen LogP contribution in [0, 0.1) is 0 Å². The highest BCUT2D eigenvalue weighted by atomic mass is 32.2. The number of nitrogens with zero attached hydrogens (tertiary/aromatic N) is 6. The van der Waals surface area contributed by atoms with Gasteiger partial charge in [0.1, 0.15) is 16.1 Å². The fourth-order valence-corrected chi connectivity index (χ4v) is 5.22. The number of phenols is 1. The first-order valence-electron chi connectivity index (χ1n) is 10.2. The molecule has 4 rings (SSSR count). The highest BCUT2D eigenvalue weighted by Crippen LogP contribution is 2.44. The maximum Gasteiger partial charge on any atom is 0.234 e. The second kappa shape index (κ2) is 9.13. The standard InChI is InChI=1S/C20H26N6OS2/c1-3-16-22-23-19(29-16)21-20(25-12-8-5-9-13-25)26-18(28-17(4-2)24-26)14-10-6-7-11-15(14)27/h6-7,10-11,18,27H,3-5,8-9,12-13H2,1-2H3/t18-/m1/s1. The molecule has 0 amide bonds. The number of benzene rings is 1. The van der Waals surface area contributed by atoms with Gasteiger partial charge >= 0.3 is 0 Å². The number of rotatable bonds is 4. The van der Waals surface area contributed by atoms with Gasteiger partial charge in [-0.15, -0.1) is 10.2 Å². The van der Waals surface area contributed by atoms with Crippen molar-refractivity contribution < 1.29 is 5.11 Å². The summed E-state index contributed by atoms with van der Waals surface area (Å²) in [5.41, 5.74) is 0.848. The number of likely N-dealkylation sites (tertiary alicyclic amines) is 1. The van der Waals surface area contributed by atoms with E-state index in [2.05, 4.69) is 28.9 Å². The molecule has 0 aliphatic carbocycles. The molecule has 0 unspecified atom stereocenters. The number of guanidine groups is 1. The van der Waals surface area contributed by atoms with Gasteiger partial charge in [-0.1, -0.05) is 55.1 Å². The number of thioether (sulfide) groups is 1. The molecule has 2 aliphatic rings. The Hall–Kier alpha value is -2.13. The summed E-state index contributed by atoms with van der Waals surface area (Å²) in [6.45, 7) is 6.07. The molecule has 1 saturated heterocycles. The number of piperidine rings is 1. The molecular weight excluding hydrogens is 404 g/mol. The number of aromatic nitrogens is 2. The number of aliphatic imine (C=N–C) groups is 1. The SMILES string of the molecule is CCC1=NN(C(=Nc2nnc(CC)s2)N2CCCCC2)[C@@H](c2ccccc2O)S1. The first-order valence-corrected chi connectivity index (χ1v) is 11.9. The summed E-state index contributed by atoms with van der Waals surface area (Å²) in [5, 5.41) is 28.4. The topological polar surface area (TPSA) is 77.2 Å². The van der Waals surface area contributed by atoms with Crippen LogP contribution in [0.4, 0.5) is 5.13 Å². The summed E-state index contributed by atoms with van der Waals surface area (Å²) in [6.07, 6.45) is 5.22. The third kappa shape index (κ3) is 4.40. The molecule has 7 nitrogen and oxygen atoms in total. The van der Waals surface area contributed by atoms with Crippen LogP contribution in [0.3, 0.4) is 0 Å². The second-order valence-corrected chi connectivity index (χ2v) is 9.21. The molecule has 1 atom stereocenters. The van der Waals surface area contributed by atoms with Crippen LogP contribution in [-0.2, 0) is 6.42 Å². The first-order chi connectivity index (χ1) is 14.2. The largest absolute Gasteiger partial charge is 0.508 e. The van der Waals surface area contributed by atoms with Crippen LogP contribution in [-0.4, -0.2) is 49.3 Å². The van der Waals surface area contributed by atoms with Gasteiger partial charge in [-0.25, -0.2) is 5.01 Å². The van der Waals surface area contributed by atoms with Crippen molar-refractivity contribution in [2.45, 2.75) is 51.3 Å². The predicted octanol–water partition coefficient (Wildman–Crippen LogP) is 4.75. The highest BCUT2D eigenvalue weighted by Gasteiger charge is 2.36. The van der Waals surface area contributed by atoms with E-state index in [1.54, 1.807) is 17.8 Å². The molecule has 1 fully saturated rings. The molecule has 3 heterocycles. The van der Waals surface area contributed by atoms with Crippen LogP contribution >= 0.6 is 23.1 Å². The predicted molar refractivity (Wildman–Crippen MR) is 120 cm³/mol. The van der Waals surface area contributed by atoms with Crippen LogP contribution in [0.5, 0.6) is 5.75 Å². The Balaban J connectivity index is 1.75. The number of aromatic hydroxyl groups is 1. The van der Waals surface area contributed by atoms with E-state index >= 15 is 0 Å². The maximum absolute atomic E-state index is 10.5. The molecule has 0 saturated carbocycles. The first kappa shape index (κ1) is 20.2. The monoisotopic (exact) mass is 430 g/mol. The van der Waals surface area contributed by atoms with E-state index in [4.69, 9.17) is 10.1 Å². The molecule has 154 valence electrons. The fraction of sp³-hybridized carbons (Fsp3) is 0.500. The van der Waals surface area contributed by atoms with Gasteiger partial charge in [0, 0.05) is 18.7 Å². The van der Waals surface area contributed by atoms with Gasteiger partial charge in [-0.2, -0.15) is 10.1 Å². The Labute approximate surface area is 179 Å². The van der Waals surface area contributed by atoms with Crippen molar-refractivity contribution >= 4 is 39.2 Å². The summed E-state index contributed by atoms with van der Waals surface area (Å²) < 4.78 is 0. The molecule has 1 N–H and O–H groups in total. The zero-order valence-corrected chi connectivity index (χ0v) is 18.4. The molecule has 2 aromatic rings. The molecule has 0 bridgehead atoms. The lowest BCUT2D eigenvalue weighted by molar-refractivity contribution is 0.280. The molecule has 1 aromatic heterocycles. The van der Waals surface area contributed by atoms with Gasteiger partial charge in [-0.05, 0) is 38.2 Å². The average Bonchev–Trinajstić information content (AvgIpc) is 3.39. The van der Waals surface area contributed by atoms with Gasteiger partial charge in [0.25, 0.3) is 0 Å². The van der Waals surface area contributed by atoms with E-state index in [-0.39, 0.29) is 11.1 Å². The minimum absolute atomic E-state index is 0.148. The Kier molecular flexibility index (Phi) is 6.34. The van der Waals surface area contributed by atoms with Gasteiger partial charge in [0.2, 0.25) is 11.1 Å². The number of phenolic OH excluding ortho intramolecular Hbond substituents is 1. The Morgan fingerprint density at radius 2 is 1.93 bits per heavy atom. The Bertz CT molecular complexity index is 906. The maximum atomic E-state index is 10.5. The molecular formula is C20H26N6OS2. The number of para-hydroxylation sites is 1. The number of hydrazone groups is 1. The summed E-state index contributed by atoms with van der Waals surface area (Å²) >= 11 is 3.20. The fourth-order valence-electron chi connectivity index (χ4n) is 3.45. The summed E-state index contributed by atoms with van der Waals surface area (Å²) in [6, 6.07) is 7.49. The average molecular weight is 431 g/mol. The van der Waals surface area contributed by atoms with Gasteiger partial charge in [0.05, 0.1) is 5.04 Å². The van der Waals surface area contributed by atoms with Crippen LogP contribution in [0.2, 0.25) is 0 Å². The lowest BCUT2D eigenvalue weighted by Crippen LogP contribution is -2.44. The Morgan fingerprint density at radius 1 is 1.14 bits per heavy atom. The van der Waals surface area contributed by atoms with Gasteiger partial charge in [0.15, 0.2) is 0 Å². The lowest BCUT2D eigenvalue weighted by atomic mass is 10.1. The normalized spacial score (nSPS) is 20.3. The number of hydrogen-bond donors (Lipinski definition) is 1. The molecule has 0 spiro atoms. The molecule has 29 heavy (non-hydrogen) atoms. The minimum Gasteiger partial charge on any atom is -0.508 e. The zero-order valence-electron chi connectivity index (χ0n) is 16.8. The van der Waals surface area contributed by atoms with Crippen molar-refractivity contribution in [2.24, 2.45) is 10.1 Å². The quantitative estimate of drug-likeness (QED) is 0.557. The Morgan fingerprint density at radius 3 is 2.62 bits per heavy atom. The third-order valence-corrected chi connectivity index (χ3v) is 7.27. The van der Waals surface area contributed by atoms with E-state index < -0.39 is 0 Å². The number of hydrogen-bond acceptors (Lipinski definition) is 7. The smallest absolute Gasteiger partial charge is 0.234 e. The van der Waals surface area contributed by atoms with E-state index in [1.807, 2.05) is 23.2 Å². The van der Waals surface area contributed by atoms with Crippen LogP contribution in [0.1, 0.15) is 55.5 Å². The van der Waals surface area contributed by atoms with E-state index in [0.717, 1.165) is 60.3 Å². The number of aryl methyl sites for hydroxylation is 1. The third-order valence-electron chi connectivity index (χ3n) is 4.99. The van der Waals surface area contributed by atoms with E-state index in [0.29, 0.717) is 5.13 Å². The van der Waals surface area contributed by atoms with E-state index in [1.165, 1.54) is 17.8 Å². The van der Waals surface area contributed by atoms with Crippen molar-refractivity contribution in [1.82, 2.24) is 20.1 Å². The van der Waals surface area contributed by atoms with E-state index in [9.17, 15) is 5.11 Å². The molecule has 9 heteroatoms. The summed E-state index contributed by atoms with van der Waals surface area (Å²) in [7, 11) is 0. The van der Waals surface area contributed by atoms with Crippen molar-refractivity contribution in [3.8, 4) is 5.75 Å². The second-order valence-electron chi connectivity index (χ2n) is 7.01. The molecule has 1 aromatic carbocycles. The summed E-state index contributed by atoms with van der Waals surface area (Å²) in [4.78, 5) is 7.22. The van der Waals surface area contributed by atoms with Crippen molar-refractivity contribution in [2.75, 3.05) is 13.1 Å². The van der Waals surface area contributed by atoms with Crippen molar-refractivity contribution in [1.29, 1.82) is 0 Å². The summed E-state index contributed by atoms with van der Waals surface area (Å²) in [5.74, 6) is 1.08. The molecule has 0 radical (unpaired) electrons. The zero-order chi connectivity index (χ0) is 20.2. The van der Waals surface area contributed by atoms with Crippen molar-refractivity contribution in [3.63, 3.8) is 0 Å². The minimum atomic E-state index is -0.148. The van der Waals surface area contributed by atoms with Crippen LogP contribution < -0.4 is 0 Å².